The number of carbonyl (C=O) groups excluding carboxylic acids is 4. The molecule has 256 valence electrons. The van der Waals surface area contributed by atoms with Crippen LogP contribution in [0.4, 0.5) is 11.4 Å². The minimum absolute atomic E-state index is 0.0218. The van der Waals surface area contributed by atoms with Crippen molar-refractivity contribution in [1.29, 1.82) is 0 Å². The van der Waals surface area contributed by atoms with E-state index in [1.165, 1.54) is 4.90 Å². The quantitative estimate of drug-likeness (QED) is 0.160. The van der Waals surface area contributed by atoms with Gasteiger partial charge in [-0.2, -0.15) is 0 Å². The van der Waals surface area contributed by atoms with E-state index in [2.05, 4.69) is 10.3 Å². The second kappa shape index (κ2) is 12.7. The third kappa shape index (κ3) is 5.44. The van der Waals surface area contributed by atoms with Crippen molar-refractivity contribution in [3.05, 3.63) is 103 Å². The predicted molar refractivity (Wildman–Crippen MR) is 190 cm³/mol. The fourth-order valence-corrected chi connectivity index (χ4v) is 11.5. The van der Waals surface area contributed by atoms with E-state index < -0.39 is 23.7 Å². The number of aromatic nitrogens is 1. The normalized spacial score (nSPS) is 26.0. The molecule has 4 aromatic rings. The maximum absolute atomic E-state index is 14.1. The molecular weight excluding hydrogens is 698 g/mol. The van der Waals surface area contributed by atoms with Gasteiger partial charge in [0.25, 0.3) is 5.91 Å². The molecule has 2 aliphatic carbocycles. The molecule has 2 saturated carbocycles. The summed E-state index contributed by atoms with van der Waals surface area (Å²) >= 11 is 9.34. The number of esters is 1. The van der Waals surface area contributed by atoms with Gasteiger partial charge in [0.2, 0.25) is 11.8 Å². The van der Waals surface area contributed by atoms with Crippen LogP contribution in [0.5, 0.6) is 5.75 Å². The predicted octanol–water partition coefficient (Wildman–Crippen LogP) is 6.27. The number of amides is 3. The number of rotatable bonds is 8. The van der Waals surface area contributed by atoms with Crippen LogP contribution in [0, 0.1) is 36.5 Å². The maximum atomic E-state index is 14.1. The molecule has 3 aromatic carbocycles. The number of nitrogens with one attached hydrogen (secondary N) is 2. The largest absolute Gasteiger partial charge is 0.483 e. The molecule has 2 aliphatic heterocycles. The van der Waals surface area contributed by atoms with Crippen LogP contribution in [-0.2, 0) is 19.1 Å². The van der Waals surface area contributed by atoms with Gasteiger partial charge in [0.1, 0.15) is 5.75 Å². The number of nitrogens with zero attached hydrogens (tertiary/aromatic N) is 1. The van der Waals surface area contributed by atoms with Crippen LogP contribution >= 0.6 is 34.7 Å². The highest BCUT2D eigenvalue weighted by atomic mass is 35.5. The van der Waals surface area contributed by atoms with Crippen LogP contribution in [0.1, 0.15) is 45.6 Å². The van der Waals surface area contributed by atoms with E-state index in [-0.39, 0.29) is 58.8 Å². The van der Waals surface area contributed by atoms with Crippen molar-refractivity contribution in [1.82, 2.24) is 4.98 Å². The number of imide groups is 1. The van der Waals surface area contributed by atoms with E-state index in [0.717, 1.165) is 38.8 Å². The van der Waals surface area contributed by atoms with Crippen molar-refractivity contribution in [3.8, 4) is 5.75 Å². The van der Waals surface area contributed by atoms with Gasteiger partial charge in [-0.1, -0.05) is 40.6 Å². The summed E-state index contributed by atoms with van der Waals surface area (Å²) in [5, 5.41) is 4.00. The maximum Gasteiger partial charge on any atom is 0.338 e. The Hall–Kier alpha value is -4.39. The lowest BCUT2D eigenvalue weighted by Gasteiger charge is -2.43. The number of benzene rings is 3. The van der Waals surface area contributed by atoms with Gasteiger partial charge in [0.05, 0.1) is 34.7 Å². The van der Waals surface area contributed by atoms with E-state index in [1.807, 2.05) is 37.3 Å². The van der Waals surface area contributed by atoms with Crippen LogP contribution < -0.4 is 19.8 Å². The molecule has 6 unspecified atom stereocenters. The number of carbonyl (C=O) groups is 4. The first-order chi connectivity index (χ1) is 24.1. The van der Waals surface area contributed by atoms with E-state index in [4.69, 9.17) is 21.1 Å². The van der Waals surface area contributed by atoms with Gasteiger partial charge in [-0.3, -0.25) is 24.1 Å². The van der Waals surface area contributed by atoms with E-state index in [1.54, 1.807) is 55.1 Å². The van der Waals surface area contributed by atoms with Gasteiger partial charge in [0.15, 0.2) is 6.61 Å². The first kappa shape index (κ1) is 32.8. The number of thiazole rings is 1. The summed E-state index contributed by atoms with van der Waals surface area (Å²) in [6, 6.07) is 19.1. The molecule has 4 aliphatic rings. The molecule has 13 heteroatoms. The number of aryl methyl sites for hydroxylation is 1. The molecule has 2 bridgehead atoms. The van der Waals surface area contributed by atoms with Crippen molar-refractivity contribution >= 4 is 69.8 Å². The van der Waals surface area contributed by atoms with Crippen molar-refractivity contribution in [2.24, 2.45) is 29.6 Å². The zero-order valence-corrected chi connectivity index (χ0v) is 29.4. The molecule has 3 heterocycles. The molecule has 0 radical (unpaired) electrons. The highest BCUT2D eigenvalue weighted by molar-refractivity contribution is 8.00. The molecule has 3 amide bonds. The van der Waals surface area contributed by atoms with E-state index in [0.29, 0.717) is 27.7 Å². The number of fused-ring (bicyclic) bond motifs is 9. The summed E-state index contributed by atoms with van der Waals surface area (Å²) in [4.78, 5) is 70.9. The number of hydrogen-bond acceptors (Lipinski definition) is 9. The number of anilines is 2. The van der Waals surface area contributed by atoms with Gasteiger partial charge >= 0.3 is 10.8 Å². The molecular formula is C37H32ClN3O7S2. The monoisotopic (exact) mass is 729 g/mol. The third-order valence-electron chi connectivity index (χ3n) is 10.4. The van der Waals surface area contributed by atoms with Crippen molar-refractivity contribution in [3.63, 3.8) is 0 Å². The number of ether oxygens (including phenoxy) is 2. The lowest BCUT2D eigenvalue weighted by Crippen LogP contribution is -2.42. The Morgan fingerprint density at radius 3 is 2.42 bits per heavy atom. The highest BCUT2D eigenvalue weighted by Gasteiger charge is 2.69. The molecule has 3 fully saturated rings. The topological polar surface area (TPSA) is 135 Å². The first-order valence-corrected chi connectivity index (χ1v) is 18.5. The molecule has 7 atom stereocenters. The zero-order chi connectivity index (χ0) is 34.8. The fraction of sp³-hybridized carbons (Fsp3) is 0.324. The lowest BCUT2D eigenvalue weighted by atomic mass is 9.68. The van der Waals surface area contributed by atoms with Crippen molar-refractivity contribution in [2.45, 2.75) is 36.5 Å². The summed E-state index contributed by atoms with van der Waals surface area (Å²) in [5.41, 5.74) is 3.23. The van der Waals surface area contributed by atoms with Crippen molar-refractivity contribution in [2.75, 3.05) is 23.4 Å². The average Bonchev–Trinajstić information content (AvgIpc) is 3.84. The summed E-state index contributed by atoms with van der Waals surface area (Å²) < 4.78 is 11.2. The summed E-state index contributed by atoms with van der Waals surface area (Å²) in [5.74, 6) is -2.17. The third-order valence-corrected chi connectivity index (χ3v) is 13.2. The van der Waals surface area contributed by atoms with Crippen LogP contribution in [-0.4, -0.2) is 47.1 Å². The molecule has 50 heavy (non-hydrogen) atoms. The second-order valence-corrected chi connectivity index (χ2v) is 15.8. The fourth-order valence-electron chi connectivity index (χ4n) is 8.45. The molecule has 8 rings (SSSR count). The minimum atomic E-state index is -0.458. The van der Waals surface area contributed by atoms with Gasteiger partial charge in [-0.25, -0.2) is 4.79 Å². The highest BCUT2D eigenvalue weighted by Crippen LogP contribution is 2.69. The Balaban J connectivity index is 1.08. The number of H-pyrrole nitrogens is 1. The Kier molecular flexibility index (Phi) is 8.35. The zero-order valence-electron chi connectivity index (χ0n) is 27.0. The molecule has 2 N–H and O–H groups in total. The number of aromatic amines is 1. The standard InChI is InChI=1S/C37H32ClN3O7S2/c1-3-47-36(45)18-6-9-20(10-7-18)39-26(42)16-48-25-13-8-19(38)14-22(25)27-28-23-15-24(31(28)49-33-32(27)50-37(46)40-33)30-29(23)34(43)41(35(30)44)21-11-4-17(2)5-12-21/h4-14,23-24,27-31H,3,15-16H2,1-2H3,(H,39,42)(H,40,46)/t23?,24?,27-,28?,29?,30?,31?/m1/s1. The summed E-state index contributed by atoms with van der Waals surface area (Å²) in [6.45, 7) is 3.65. The lowest BCUT2D eigenvalue weighted by molar-refractivity contribution is -0.123. The Bertz CT molecular complexity index is 2100. The molecule has 10 nitrogen and oxygen atoms in total. The molecule has 1 saturated heterocycles. The first-order valence-electron chi connectivity index (χ1n) is 16.5. The molecule has 0 spiro atoms. The van der Waals surface area contributed by atoms with Crippen LogP contribution in [0.25, 0.3) is 0 Å². The van der Waals surface area contributed by atoms with Gasteiger partial charge in [-0.15, -0.1) is 11.8 Å². The Labute approximate surface area is 300 Å². The van der Waals surface area contributed by atoms with Gasteiger partial charge in [0, 0.05) is 32.3 Å². The summed E-state index contributed by atoms with van der Waals surface area (Å²) in [6.07, 6.45) is 0.737. The van der Waals surface area contributed by atoms with Crippen LogP contribution in [0.15, 0.2) is 76.6 Å². The summed E-state index contributed by atoms with van der Waals surface area (Å²) in [7, 11) is 0. The number of thioether (sulfide) groups is 1. The van der Waals surface area contributed by atoms with Gasteiger partial charge in [-0.05, 0) is 92.6 Å². The van der Waals surface area contributed by atoms with E-state index >= 15 is 0 Å². The van der Waals surface area contributed by atoms with Gasteiger partial charge < -0.3 is 19.8 Å². The minimum Gasteiger partial charge on any atom is -0.483 e. The average molecular weight is 730 g/mol. The second-order valence-electron chi connectivity index (χ2n) is 13.1. The number of hydrogen-bond donors (Lipinski definition) is 2. The van der Waals surface area contributed by atoms with E-state index in [9.17, 15) is 24.0 Å². The number of halogens is 1. The Morgan fingerprint density at radius 2 is 1.70 bits per heavy atom. The Morgan fingerprint density at radius 1 is 0.980 bits per heavy atom. The van der Waals surface area contributed by atoms with Crippen LogP contribution in [0.2, 0.25) is 5.02 Å². The smallest absolute Gasteiger partial charge is 0.338 e. The van der Waals surface area contributed by atoms with Crippen LogP contribution in [0.3, 0.4) is 0 Å². The molecule has 1 aromatic heterocycles. The van der Waals surface area contributed by atoms with Crippen molar-refractivity contribution < 1.29 is 28.7 Å². The SMILES string of the molecule is CCOC(=O)c1ccc(NC(=O)COc2ccc(Cl)cc2[C@H]2c3sc(=O)[nH]c3SC3C4CC(C5C(=O)N(c6ccc(C)cc6)C(=O)C45)C32)cc1.